The van der Waals surface area contributed by atoms with Gasteiger partial charge in [0.25, 0.3) is 5.91 Å². The number of hydrogen-bond acceptors (Lipinski definition) is 5. The Hall–Kier alpha value is -1.64. The van der Waals surface area contributed by atoms with Crippen LogP contribution in [0.3, 0.4) is 0 Å². The number of carbonyl (C=O) groups is 2. The molecule has 1 aromatic rings. The Labute approximate surface area is 108 Å². The molecule has 18 heavy (non-hydrogen) atoms. The van der Waals surface area contributed by atoms with Crippen molar-refractivity contribution in [1.29, 1.82) is 0 Å². The minimum absolute atomic E-state index is 0.107. The SMILES string of the molecule is NC(=O)COC(=O)c1ccc(Cl)c(S(N)(=O)=O)c1. The number of carbonyl (C=O) groups excluding carboxylic acids is 2. The molecule has 7 nitrogen and oxygen atoms in total. The maximum atomic E-state index is 11.4. The summed E-state index contributed by atoms with van der Waals surface area (Å²) >= 11 is 5.63. The lowest BCUT2D eigenvalue weighted by atomic mass is 10.2. The molecule has 1 rings (SSSR count). The fourth-order valence-corrected chi connectivity index (χ4v) is 2.14. The van der Waals surface area contributed by atoms with E-state index in [1.54, 1.807) is 0 Å². The first-order valence-corrected chi connectivity index (χ1v) is 6.42. The number of amides is 1. The molecule has 0 aromatic heterocycles. The minimum atomic E-state index is -4.05. The smallest absolute Gasteiger partial charge is 0.338 e. The second-order valence-electron chi connectivity index (χ2n) is 3.23. The van der Waals surface area contributed by atoms with Crippen molar-refractivity contribution >= 4 is 33.5 Å². The van der Waals surface area contributed by atoms with E-state index < -0.39 is 33.4 Å². The van der Waals surface area contributed by atoms with Gasteiger partial charge in [-0.2, -0.15) is 0 Å². The molecule has 9 heteroatoms. The highest BCUT2D eigenvalue weighted by atomic mass is 35.5. The second-order valence-corrected chi connectivity index (χ2v) is 5.17. The molecule has 0 saturated heterocycles. The van der Waals surface area contributed by atoms with Crippen molar-refractivity contribution in [2.75, 3.05) is 6.61 Å². The fraction of sp³-hybridized carbons (Fsp3) is 0.111. The van der Waals surface area contributed by atoms with Crippen molar-refractivity contribution in [2.24, 2.45) is 10.9 Å². The Bertz CT molecular complexity index is 599. The number of rotatable bonds is 4. The Morgan fingerprint density at radius 1 is 1.33 bits per heavy atom. The Kier molecular flexibility index (Phi) is 4.28. The van der Waals surface area contributed by atoms with Crippen LogP contribution in [0.1, 0.15) is 10.4 Å². The van der Waals surface area contributed by atoms with Crippen LogP contribution in [0.25, 0.3) is 0 Å². The Morgan fingerprint density at radius 2 is 1.94 bits per heavy atom. The molecule has 0 heterocycles. The molecule has 0 fully saturated rings. The lowest BCUT2D eigenvalue weighted by Gasteiger charge is -2.05. The molecular formula is C9H9ClN2O5S. The number of hydrogen-bond donors (Lipinski definition) is 2. The van der Waals surface area contributed by atoms with Gasteiger partial charge in [0.15, 0.2) is 6.61 Å². The summed E-state index contributed by atoms with van der Waals surface area (Å²) in [6, 6.07) is 3.38. The number of esters is 1. The molecule has 0 saturated carbocycles. The van der Waals surface area contributed by atoms with Crippen LogP contribution < -0.4 is 10.9 Å². The highest BCUT2D eigenvalue weighted by molar-refractivity contribution is 7.89. The minimum Gasteiger partial charge on any atom is -0.452 e. The molecule has 0 aliphatic heterocycles. The summed E-state index contributed by atoms with van der Waals surface area (Å²) < 4.78 is 26.8. The Balaban J connectivity index is 3.06. The maximum Gasteiger partial charge on any atom is 0.338 e. The van der Waals surface area contributed by atoms with Crippen LogP contribution in [0.2, 0.25) is 5.02 Å². The van der Waals surface area contributed by atoms with Gasteiger partial charge in [0.2, 0.25) is 10.0 Å². The monoisotopic (exact) mass is 292 g/mol. The molecule has 0 unspecified atom stereocenters. The van der Waals surface area contributed by atoms with Crippen molar-refractivity contribution in [1.82, 2.24) is 0 Å². The van der Waals surface area contributed by atoms with Crippen molar-refractivity contribution in [3.8, 4) is 0 Å². The summed E-state index contributed by atoms with van der Waals surface area (Å²) in [6.07, 6.45) is 0. The molecular weight excluding hydrogens is 284 g/mol. The zero-order valence-corrected chi connectivity index (χ0v) is 10.5. The summed E-state index contributed by atoms with van der Waals surface area (Å²) in [4.78, 5) is 21.4. The predicted octanol–water partition coefficient (Wildman–Crippen LogP) is -0.370. The third-order valence-corrected chi connectivity index (χ3v) is 3.21. The van der Waals surface area contributed by atoms with E-state index in [2.05, 4.69) is 4.74 Å². The lowest BCUT2D eigenvalue weighted by Crippen LogP contribution is -2.21. The van der Waals surface area contributed by atoms with E-state index in [1.807, 2.05) is 0 Å². The van der Waals surface area contributed by atoms with E-state index in [-0.39, 0.29) is 10.6 Å². The highest BCUT2D eigenvalue weighted by Gasteiger charge is 2.17. The van der Waals surface area contributed by atoms with Crippen LogP contribution in [0.4, 0.5) is 0 Å². The molecule has 0 bridgehead atoms. The van der Waals surface area contributed by atoms with E-state index in [0.717, 1.165) is 6.07 Å². The first kappa shape index (κ1) is 14.4. The number of ether oxygens (including phenoxy) is 1. The van der Waals surface area contributed by atoms with E-state index in [1.165, 1.54) is 12.1 Å². The second kappa shape index (κ2) is 5.34. The number of nitrogens with two attached hydrogens (primary N) is 2. The first-order valence-electron chi connectivity index (χ1n) is 4.49. The number of primary sulfonamides is 1. The van der Waals surface area contributed by atoms with E-state index in [0.29, 0.717) is 0 Å². The first-order chi connectivity index (χ1) is 8.21. The van der Waals surface area contributed by atoms with Crippen molar-refractivity contribution < 1.29 is 22.7 Å². The highest BCUT2D eigenvalue weighted by Crippen LogP contribution is 2.21. The molecule has 0 aliphatic rings. The van der Waals surface area contributed by atoms with Gasteiger partial charge >= 0.3 is 5.97 Å². The van der Waals surface area contributed by atoms with E-state index in [4.69, 9.17) is 22.5 Å². The average Bonchev–Trinajstić information content (AvgIpc) is 2.24. The van der Waals surface area contributed by atoms with Gasteiger partial charge in [-0.25, -0.2) is 18.4 Å². The molecule has 4 N–H and O–H groups in total. The van der Waals surface area contributed by atoms with Crippen molar-refractivity contribution in [3.05, 3.63) is 28.8 Å². The number of primary amides is 1. The fourth-order valence-electron chi connectivity index (χ4n) is 1.07. The topological polar surface area (TPSA) is 130 Å². The van der Waals surface area contributed by atoms with Gasteiger partial charge < -0.3 is 10.5 Å². The van der Waals surface area contributed by atoms with Crippen LogP contribution >= 0.6 is 11.6 Å². The van der Waals surface area contributed by atoms with Crippen LogP contribution in [0.5, 0.6) is 0 Å². The van der Waals surface area contributed by atoms with Gasteiger partial charge in [0, 0.05) is 0 Å². The van der Waals surface area contributed by atoms with E-state index >= 15 is 0 Å². The standard InChI is InChI=1S/C9H9ClN2O5S/c10-6-2-1-5(3-7(6)18(12,15)16)9(14)17-4-8(11)13/h1-3H,4H2,(H2,11,13)(H2,12,15,16). The Morgan fingerprint density at radius 3 is 2.44 bits per heavy atom. The number of benzene rings is 1. The van der Waals surface area contributed by atoms with Crippen LogP contribution in [-0.2, 0) is 19.6 Å². The molecule has 1 aromatic carbocycles. The van der Waals surface area contributed by atoms with Crippen LogP contribution in [-0.4, -0.2) is 26.9 Å². The van der Waals surface area contributed by atoms with Gasteiger partial charge in [-0.3, -0.25) is 4.79 Å². The summed E-state index contributed by atoms with van der Waals surface area (Å²) in [5, 5.41) is 4.79. The zero-order valence-electron chi connectivity index (χ0n) is 8.92. The molecule has 1 amide bonds. The van der Waals surface area contributed by atoms with Crippen molar-refractivity contribution in [3.63, 3.8) is 0 Å². The molecule has 98 valence electrons. The summed E-state index contributed by atoms with van der Waals surface area (Å²) in [7, 11) is -4.05. The lowest BCUT2D eigenvalue weighted by molar-refractivity contribution is -0.121. The van der Waals surface area contributed by atoms with Gasteiger partial charge in [0.1, 0.15) is 4.90 Å². The van der Waals surface area contributed by atoms with Gasteiger partial charge in [-0.1, -0.05) is 11.6 Å². The summed E-state index contributed by atoms with van der Waals surface area (Å²) in [5.41, 5.74) is 4.68. The quantitative estimate of drug-likeness (QED) is 0.731. The molecule has 0 atom stereocenters. The van der Waals surface area contributed by atoms with E-state index in [9.17, 15) is 18.0 Å². The number of sulfonamides is 1. The largest absolute Gasteiger partial charge is 0.452 e. The maximum absolute atomic E-state index is 11.4. The van der Waals surface area contributed by atoms with Gasteiger partial charge in [-0.15, -0.1) is 0 Å². The zero-order chi connectivity index (χ0) is 13.9. The predicted molar refractivity (Wildman–Crippen MR) is 62.3 cm³/mol. The average molecular weight is 293 g/mol. The third-order valence-electron chi connectivity index (χ3n) is 1.82. The molecule has 0 aliphatic carbocycles. The molecule has 0 radical (unpaired) electrons. The van der Waals surface area contributed by atoms with Crippen LogP contribution in [0, 0.1) is 0 Å². The third kappa shape index (κ3) is 3.69. The summed E-state index contributed by atoms with van der Waals surface area (Å²) in [6.45, 7) is -0.605. The normalized spacial score (nSPS) is 11.0. The van der Waals surface area contributed by atoms with Crippen molar-refractivity contribution in [2.45, 2.75) is 4.90 Å². The van der Waals surface area contributed by atoms with Gasteiger partial charge in [-0.05, 0) is 18.2 Å². The molecule has 0 spiro atoms. The summed E-state index contributed by atoms with van der Waals surface area (Å²) in [5.74, 6) is -1.74. The van der Waals surface area contributed by atoms with Crippen LogP contribution in [0.15, 0.2) is 23.1 Å². The van der Waals surface area contributed by atoms with Gasteiger partial charge in [0.05, 0.1) is 10.6 Å². The number of halogens is 1.